The van der Waals surface area contributed by atoms with Crippen LogP contribution in [0.2, 0.25) is 0 Å². The second kappa shape index (κ2) is 6.90. The molecule has 0 aliphatic carbocycles. The van der Waals surface area contributed by atoms with E-state index in [4.69, 9.17) is 5.26 Å². The van der Waals surface area contributed by atoms with Crippen LogP contribution in [-0.2, 0) is 0 Å². The third-order valence-electron chi connectivity index (χ3n) is 2.61. The summed E-state index contributed by atoms with van der Waals surface area (Å²) in [5.41, 5.74) is 0.543. The van der Waals surface area contributed by atoms with Gasteiger partial charge in [0.15, 0.2) is 5.16 Å². The van der Waals surface area contributed by atoms with E-state index in [1.165, 1.54) is 23.9 Å². The van der Waals surface area contributed by atoms with Crippen LogP contribution in [0.25, 0.3) is 0 Å². The van der Waals surface area contributed by atoms with Crippen LogP contribution < -0.4 is 10.6 Å². The number of benzene rings is 1. The van der Waals surface area contributed by atoms with E-state index < -0.39 is 5.82 Å². The molecule has 0 saturated carbocycles. The molecule has 2 rings (SSSR count). The monoisotopic (exact) mass is 303 g/mol. The zero-order valence-corrected chi connectivity index (χ0v) is 12.5. The average molecular weight is 303 g/mol. The highest BCUT2D eigenvalue weighted by Crippen LogP contribution is 2.23. The van der Waals surface area contributed by atoms with Crippen molar-refractivity contribution in [1.29, 1.82) is 5.26 Å². The highest BCUT2D eigenvalue weighted by molar-refractivity contribution is 7.98. The van der Waals surface area contributed by atoms with Gasteiger partial charge in [-0.15, -0.1) is 0 Å². The van der Waals surface area contributed by atoms with Crippen molar-refractivity contribution in [3.05, 3.63) is 35.6 Å². The number of nitriles is 1. The molecule has 1 aromatic carbocycles. The number of halogens is 1. The molecule has 0 bridgehead atoms. The lowest BCUT2D eigenvalue weighted by molar-refractivity contribution is 0.631. The smallest absolute Gasteiger partial charge is 0.191 e. The Morgan fingerprint density at radius 2 is 2.05 bits per heavy atom. The van der Waals surface area contributed by atoms with Crippen molar-refractivity contribution in [1.82, 2.24) is 9.97 Å². The van der Waals surface area contributed by atoms with E-state index in [0.717, 1.165) is 6.54 Å². The molecule has 5 nitrogen and oxygen atoms in total. The molecule has 0 amide bonds. The van der Waals surface area contributed by atoms with E-state index in [-0.39, 0.29) is 11.3 Å². The molecule has 0 aliphatic heterocycles. The minimum Gasteiger partial charge on any atom is -0.370 e. The van der Waals surface area contributed by atoms with Crippen LogP contribution in [0.15, 0.2) is 29.4 Å². The fourth-order valence-corrected chi connectivity index (χ4v) is 2.06. The van der Waals surface area contributed by atoms with E-state index in [2.05, 4.69) is 20.6 Å². The number of rotatable bonds is 5. The number of nitrogens with one attached hydrogen (secondary N) is 2. The third kappa shape index (κ3) is 3.83. The molecule has 0 fully saturated rings. The fourth-order valence-electron chi connectivity index (χ4n) is 1.68. The molecule has 0 saturated heterocycles. The van der Waals surface area contributed by atoms with E-state index in [1.54, 1.807) is 12.1 Å². The average Bonchev–Trinajstić information content (AvgIpc) is 2.49. The van der Waals surface area contributed by atoms with Crippen molar-refractivity contribution in [2.24, 2.45) is 0 Å². The Hall–Kier alpha value is -2.33. The largest absolute Gasteiger partial charge is 0.370 e. The first kappa shape index (κ1) is 15.1. The number of hydrogen-bond acceptors (Lipinski definition) is 6. The molecular weight excluding hydrogens is 289 g/mol. The second-order valence-electron chi connectivity index (χ2n) is 4.09. The van der Waals surface area contributed by atoms with Crippen LogP contribution in [0.3, 0.4) is 0 Å². The van der Waals surface area contributed by atoms with E-state index >= 15 is 0 Å². The van der Waals surface area contributed by atoms with Crippen molar-refractivity contribution < 1.29 is 4.39 Å². The maximum Gasteiger partial charge on any atom is 0.191 e. The first-order valence-corrected chi connectivity index (χ1v) is 7.52. The maximum absolute atomic E-state index is 13.9. The second-order valence-corrected chi connectivity index (χ2v) is 4.86. The molecule has 1 aromatic heterocycles. The van der Waals surface area contributed by atoms with Gasteiger partial charge in [0.05, 0.1) is 17.3 Å². The van der Waals surface area contributed by atoms with Gasteiger partial charge in [-0.3, -0.25) is 0 Å². The summed E-state index contributed by atoms with van der Waals surface area (Å²) in [6, 6.07) is 7.85. The Morgan fingerprint density at radius 1 is 1.29 bits per heavy atom. The molecule has 1 heterocycles. The molecule has 2 N–H and O–H groups in total. The van der Waals surface area contributed by atoms with Gasteiger partial charge in [-0.2, -0.15) is 5.26 Å². The molecule has 0 unspecified atom stereocenters. The number of aromatic nitrogens is 2. The molecule has 2 aromatic rings. The summed E-state index contributed by atoms with van der Waals surface area (Å²) in [6.07, 6.45) is 1.87. The topological polar surface area (TPSA) is 73.6 Å². The Balaban J connectivity index is 2.30. The molecule has 21 heavy (non-hydrogen) atoms. The van der Waals surface area contributed by atoms with E-state index in [0.29, 0.717) is 16.8 Å². The molecule has 0 aliphatic rings. The van der Waals surface area contributed by atoms with E-state index in [1.807, 2.05) is 19.2 Å². The summed E-state index contributed by atoms with van der Waals surface area (Å²) >= 11 is 1.40. The van der Waals surface area contributed by atoms with Crippen LogP contribution in [0.4, 0.5) is 21.7 Å². The summed E-state index contributed by atoms with van der Waals surface area (Å²) in [5.74, 6) is 0.672. The molecule has 7 heteroatoms. The summed E-state index contributed by atoms with van der Waals surface area (Å²) in [7, 11) is 0. The standard InChI is InChI=1S/C14H14FN5S/c1-3-17-12-7-13(20-14(19-12)21-2)18-11-5-4-9(8-16)6-10(11)15/h4-7H,3H2,1-2H3,(H2,17,18,19,20). The summed E-state index contributed by atoms with van der Waals surface area (Å²) in [5, 5.41) is 15.3. The highest BCUT2D eigenvalue weighted by Gasteiger charge is 2.08. The lowest BCUT2D eigenvalue weighted by Gasteiger charge is -2.10. The summed E-state index contributed by atoms with van der Waals surface area (Å²) in [6.45, 7) is 2.70. The minimum atomic E-state index is -0.497. The van der Waals surface area contributed by atoms with Gasteiger partial charge in [0.25, 0.3) is 0 Å². The predicted molar refractivity (Wildman–Crippen MR) is 82.4 cm³/mol. The van der Waals surface area contributed by atoms with Crippen LogP contribution in [0, 0.1) is 17.1 Å². The Morgan fingerprint density at radius 3 is 2.67 bits per heavy atom. The predicted octanol–water partition coefficient (Wildman–Crippen LogP) is 3.38. The van der Waals surface area contributed by atoms with Crippen molar-refractivity contribution in [2.75, 3.05) is 23.4 Å². The van der Waals surface area contributed by atoms with Crippen LogP contribution in [0.1, 0.15) is 12.5 Å². The Bertz CT molecular complexity index is 684. The zero-order chi connectivity index (χ0) is 15.2. The number of anilines is 3. The van der Waals surface area contributed by atoms with E-state index in [9.17, 15) is 4.39 Å². The molecular formula is C14H14FN5S. The molecule has 0 radical (unpaired) electrons. The molecule has 0 atom stereocenters. The number of hydrogen-bond donors (Lipinski definition) is 2. The van der Waals surface area contributed by atoms with Gasteiger partial charge in [-0.25, -0.2) is 14.4 Å². The van der Waals surface area contributed by atoms with Crippen molar-refractivity contribution in [2.45, 2.75) is 12.1 Å². The van der Waals surface area contributed by atoms with Crippen molar-refractivity contribution in [3.8, 4) is 6.07 Å². The van der Waals surface area contributed by atoms with Crippen molar-refractivity contribution in [3.63, 3.8) is 0 Å². The minimum absolute atomic E-state index is 0.266. The van der Waals surface area contributed by atoms with Gasteiger partial charge in [0, 0.05) is 12.6 Å². The SMILES string of the molecule is CCNc1cc(Nc2ccc(C#N)cc2F)nc(SC)n1. The number of thioether (sulfide) groups is 1. The molecule has 0 spiro atoms. The Kier molecular flexibility index (Phi) is 4.95. The van der Waals surface area contributed by atoms with Crippen LogP contribution in [0.5, 0.6) is 0 Å². The Labute approximate surface area is 126 Å². The quantitative estimate of drug-likeness (QED) is 0.651. The van der Waals surface area contributed by atoms with Gasteiger partial charge < -0.3 is 10.6 Å². The first-order chi connectivity index (χ1) is 10.2. The van der Waals surface area contributed by atoms with Crippen LogP contribution >= 0.6 is 11.8 Å². The fraction of sp³-hybridized carbons (Fsp3) is 0.214. The maximum atomic E-state index is 13.9. The third-order valence-corrected chi connectivity index (χ3v) is 3.15. The highest BCUT2D eigenvalue weighted by atomic mass is 32.2. The lowest BCUT2D eigenvalue weighted by atomic mass is 10.2. The first-order valence-electron chi connectivity index (χ1n) is 6.30. The van der Waals surface area contributed by atoms with Gasteiger partial charge in [-0.05, 0) is 31.4 Å². The van der Waals surface area contributed by atoms with Crippen molar-refractivity contribution >= 4 is 29.1 Å². The van der Waals surface area contributed by atoms with Gasteiger partial charge in [0.2, 0.25) is 0 Å². The van der Waals surface area contributed by atoms with Gasteiger partial charge in [0.1, 0.15) is 17.5 Å². The van der Waals surface area contributed by atoms with Gasteiger partial charge >= 0.3 is 0 Å². The zero-order valence-electron chi connectivity index (χ0n) is 11.6. The summed E-state index contributed by atoms with van der Waals surface area (Å²) in [4.78, 5) is 8.58. The molecule has 108 valence electrons. The number of nitrogens with zero attached hydrogens (tertiary/aromatic N) is 3. The normalized spacial score (nSPS) is 10.0. The lowest BCUT2D eigenvalue weighted by Crippen LogP contribution is -2.04. The van der Waals surface area contributed by atoms with Crippen LogP contribution in [-0.4, -0.2) is 22.8 Å². The van der Waals surface area contributed by atoms with Gasteiger partial charge in [-0.1, -0.05) is 11.8 Å². The summed E-state index contributed by atoms with van der Waals surface area (Å²) < 4.78 is 13.9.